The number of hydrogen-bond donors (Lipinski definition) is 4. The summed E-state index contributed by atoms with van der Waals surface area (Å²) in [5.41, 5.74) is 0.614. The number of carbonyl (C=O) groups is 4. The van der Waals surface area contributed by atoms with Crippen LogP contribution < -0.4 is 41.5 Å². The summed E-state index contributed by atoms with van der Waals surface area (Å²) in [7, 11) is 0. The number of urea groups is 2. The van der Waals surface area contributed by atoms with Crippen LogP contribution in [0.15, 0.2) is 35.7 Å². The van der Waals surface area contributed by atoms with E-state index in [2.05, 4.69) is 21.3 Å². The fraction of sp³-hybridized carbons (Fsp3) is 0.429. The molecular weight excluding hydrogens is 548 g/mol. The zero-order valence-corrected chi connectivity index (χ0v) is 23.1. The molecule has 1 aromatic rings. The number of nitrogens with one attached hydrogen (secondary N) is 4. The molecule has 0 fully saturated rings. The lowest BCUT2D eigenvalue weighted by Gasteiger charge is -2.35. The van der Waals surface area contributed by atoms with Crippen LogP contribution >= 0.6 is 0 Å². The predicted molar refractivity (Wildman–Crippen MR) is 152 cm³/mol. The average Bonchev–Trinajstić information content (AvgIpc) is 3.00. The zero-order valence-electron chi connectivity index (χ0n) is 23.1. The normalized spacial score (nSPS) is 21.3. The molecule has 0 radical (unpaired) electrons. The van der Waals surface area contributed by atoms with Gasteiger partial charge in [0.25, 0.3) is 11.8 Å². The van der Waals surface area contributed by atoms with Crippen molar-refractivity contribution >= 4 is 47.4 Å². The van der Waals surface area contributed by atoms with Crippen molar-refractivity contribution in [3.05, 3.63) is 46.1 Å². The summed E-state index contributed by atoms with van der Waals surface area (Å²) < 4.78 is 22.1. The molecule has 0 atom stereocenters. The highest BCUT2D eigenvalue weighted by atomic mass is 16.5. The van der Waals surface area contributed by atoms with Crippen LogP contribution in [0.3, 0.4) is 0 Å². The maximum Gasteiger partial charge on any atom is 0.326 e. The van der Waals surface area contributed by atoms with Crippen LogP contribution in [0.25, 0.3) is 12.2 Å². The zero-order chi connectivity index (χ0) is 29.3. The van der Waals surface area contributed by atoms with Gasteiger partial charge in [-0.15, -0.1) is 0 Å². The van der Waals surface area contributed by atoms with Gasteiger partial charge in [0.05, 0.1) is 64.2 Å². The van der Waals surface area contributed by atoms with Crippen molar-refractivity contribution in [2.75, 3.05) is 88.8 Å². The number of nitrogens with zero attached hydrogens (tertiary/aromatic N) is 2. The summed E-state index contributed by atoms with van der Waals surface area (Å²) in [4.78, 5) is 56.9. The van der Waals surface area contributed by atoms with Crippen molar-refractivity contribution in [1.29, 1.82) is 0 Å². The van der Waals surface area contributed by atoms with Gasteiger partial charge in [0.15, 0.2) is 0 Å². The summed E-state index contributed by atoms with van der Waals surface area (Å²) in [5, 5.41) is 12.3. The van der Waals surface area contributed by atoms with E-state index in [0.29, 0.717) is 36.9 Å². The van der Waals surface area contributed by atoms with Crippen molar-refractivity contribution in [2.45, 2.75) is 0 Å². The minimum Gasteiger partial charge on any atom is -0.377 e. The first-order valence-electron chi connectivity index (χ1n) is 13.9. The van der Waals surface area contributed by atoms with Crippen LogP contribution in [0.4, 0.5) is 21.0 Å². The minimum atomic E-state index is -0.602. The van der Waals surface area contributed by atoms with Crippen molar-refractivity contribution in [3.8, 4) is 0 Å². The van der Waals surface area contributed by atoms with E-state index in [9.17, 15) is 19.2 Å². The van der Waals surface area contributed by atoms with Gasteiger partial charge in [-0.3, -0.25) is 19.4 Å². The average molecular weight is 583 g/mol. The second kappa shape index (κ2) is 14.1. The third kappa shape index (κ3) is 6.62. The molecule has 0 unspecified atom stereocenters. The van der Waals surface area contributed by atoms with E-state index in [-0.39, 0.29) is 75.4 Å². The number of hydrogen-bond acceptors (Lipinski definition) is 8. The molecule has 0 aliphatic carbocycles. The lowest BCUT2D eigenvalue weighted by molar-refractivity contribution is -0.118. The van der Waals surface area contributed by atoms with Gasteiger partial charge in [0.2, 0.25) is 0 Å². The van der Waals surface area contributed by atoms with E-state index in [1.165, 1.54) is 9.80 Å². The summed E-state index contributed by atoms with van der Waals surface area (Å²) in [6, 6.07) is 2.37. The van der Waals surface area contributed by atoms with Crippen molar-refractivity contribution in [3.63, 3.8) is 0 Å². The Balaban J connectivity index is 1.64. The van der Waals surface area contributed by atoms with E-state index in [1.54, 1.807) is 36.4 Å². The first-order valence-corrected chi connectivity index (χ1v) is 13.9. The van der Waals surface area contributed by atoms with Crippen molar-refractivity contribution in [1.82, 2.24) is 21.3 Å². The fourth-order valence-corrected chi connectivity index (χ4v) is 4.77. The molecule has 4 aliphatic rings. The SMILES string of the molecule is O=C1NCCOCCOCCNC(=O)C2=CC=c3ccc4c5c3N2C(=O)NCCOCCOCCNC(=O)N5C1=CC=4. The van der Waals surface area contributed by atoms with E-state index in [0.717, 1.165) is 0 Å². The Labute approximate surface area is 241 Å². The summed E-state index contributed by atoms with van der Waals surface area (Å²) >= 11 is 0. The van der Waals surface area contributed by atoms with Crippen LogP contribution in [-0.4, -0.2) is 103 Å². The number of carbonyl (C=O) groups excluding carboxylic acids is 4. The van der Waals surface area contributed by atoms with E-state index in [4.69, 9.17) is 18.9 Å². The summed E-state index contributed by atoms with van der Waals surface area (Å²) in [6.45, 7) is 2.85. The molecule has 42 heavy (non-hydrogen) atoms. The smallest absolute Gasteiger partial charge is 0.326 e. The Hall–Kier alpha value is -4.24. The van der Waals surface area contributed by atoms with Crippen molar-refractivity contribution < 1.29 is 38.1 Å². The Morgan fingerprint density at radius 3 is 1.21 bits per heavy atom. The second-order valence-corrected chi connectivity index (χ2v) is 9.47. The van der Waals surface area contributed by atoms with Gasteiger partial charge < -0.3 is 40.2 Å². The van der Waals surface area contributed by atoms with Crippen LogP contribution in [0.1, 0.15) is 0 Å². The molecule has 4 aliphatic heterocycles. The van der Waals surface area contributed by atoms with E-state index < -0.39 is 23.9 Å². The van der Waals surface area contributed by atoms with Gasteiger partial charge >= 0.3 is 12.1 Å². The van der Waals surface area contributed by atoms with E-state index in [1.807, 2.05) is 0 Å². The quantitative estimate of drug-likeness (QED) is 0.285. The molecule has 14 nitrogen and oxygen atoms in total. The number of ether oxygens (including phenoxy) is 4. The predicted octanol–water partition coefficient (Wildman–Crippen LogP) is -1.60. The molecule has 0 aromatic heterocycles. The first kappa shape index (κ1) is 29.3. The molecular formula is C28H34N6O8. The number of rotatable bonds is 0. The highest BCUT2D eigenvalue weighted by Gasteiger charge is 2.36. The lowest BCUT2D eigenvalue weighted by atomic mass is 10.0. The molecule has 4 N–H and O–H groups in total. The largest absolute Gasteiger partial charge is 0.377 e. The maximum absolute atomic E-state index is 13.8. The molecule has 6 amide bonds. The molecule has 5 rings (SSSR count). The molecule has 6 bridgehead atoms. The third-order valence-electron chi connectivity index (χ3n) is 6.71. The minimum absolute atomic E-state index is 0.0363. The molecule has 0 spiro atoms. The van der Waals surface area contributed by atoms with Gasteiger partial charge in [0, 0.05) is 36.6 Å². The molecule has 0 saturated heterocycles. The third-order valence-corrected chi connectivity index (χ3v) is 6.71. The molecule has 14 heteroatoms. The Morgan fingerprint density at radius 2 is 0.833 bits per heavy atom. The standard InChI is InChI=1S/C28H34N6O8/c35-25-21-5-3-19-1-2-20-4-6-22(26(36)30-8-12-40-16-15-39-11-7-29-25)34-24(20)23(19)33(21)27(37)31-9-13-41-17-18-42-14-10-32-28(34)38/h1-6H,7-18H2,(H,29,35)(H,30,36)(H,31,37)(H,32,38). The number of anilines is 2. The fourth-order valence-electron chi connectivity index (χ4n) is 4.77. The van der Waals surface area contributed by atoms with Crippen LogP contribution in [0, 0.1) is 0 Å². The van der Waals surface area contributed by atoms with Crippen LogP contribution in [0.2, 0.25) is 0 Å². The van der Waals surface area contributed by atoms with Crippen LogP contribution in [0.5, 0.6) is 0 Å². The second-order valence-electron chi connectivity index (χ2n) is 9.47. The Bertz CT molecular complexity index is 1300. The topological polar surface area (TPSA) is 160 Å². The molecule has 4 heterocycles. The highest BCUT2D eigenvalue weighted by Crippen LogP contribution is 2.32. The Morgan fingerprint density at radius 1 is 0.476 bits per heavy atom. The van der Waals surface area contributed by atoms with E-state index >= 15 is 0 Å². The Kier molecular flexibility index (Phi) is 9.82. The van der Waals surface area contributed by atoms with Crippen molar-refractivity contribution in [2.24, 2.45) is 0 Å². The number of amides is 6. The molecule has 224 valence electrons. The van der Waals surface area contributed by atoms with Gasteiger partial charge in [-0.25, -0.2) is 9.59 Å². The lowest BCUT2D eigenvalue weighted by Crippen LogP contribution is -2.52. The maximum atomic E-state index is 13.8. The van der Waals surface area contributed by atoms with Gasteiger partial charge in [-0.05, 0) is 12.2 Å². The highest BCUT2D eigenvalue weighted by molar-refractivity contribution is 6.16. The molecule has 0 saturated carbocycles. The summed E-state index contributed by atoms with van der Waals surface area (Å²) in [5.74, 6) is -1.03. The number of benzene rings is 1. The van der Waals surface area contributed by atoms with Gasteiger partial charge in [0.1, 0.15) is 11.4 Å². The molecule has 1 aromatic carbocycles. The number of allylic oxidation sites excluding steroid dienone is 2. The van der Waals surface area contributed by atoms with Gasteiger partial charge in [-0.2, -0.15) is 0 Å². The summed E-state index contributed by atoms with van der Waals surface area (Å²) in [6.07, 6.45) is 6.49. The first-order chi connectivity index (χ1) is 20.6. The van der Waals surface area contributed by atoms with Gasteiger partial charge in [-0.1, -0.05) is 24.3 Å². The monoisotopic (exact) mass is 582 g/mol. The van der Waals surface area contributed by atoms with Crippen LogP contribution in [-0.2, 0) is 28.5 Å².